The van der Waals surface area contributed by atoms with Crippen molar-refractivity contribution in [2.45, 2.75) is 44.3 Å². The fourth-order valence-corrected chi connectivity index (χ4v) is 3.89. The van der Waals surface area contributed by atoms with Crippen molar-refractivity contribution in [2.75, 3.05) is 26.2 Å². The van der Waals surface area contributed by atoms with Crippen LogP contribution in [0.5, 0.6) is 0 Å². The van der Waals surface area contributed by atoms with E-state index in [1.807, 2.05) is 30.3 Å². The van der Waals surface area contributed by atoms with Crippen molar-refractivity contribution in [1.82, 2.24) is 4.90 Å². The van der Waals surface area contributed by atoms with Crippen LogP contribution in [0.3, 0.4) is 0 Å². The van der Waals surface area contributed by atoms with Gasteiger partial charge in [-0.1, -0.05) is 30.3 Å². The fourth-order valence-electron chi connectivity index (χ4n) is 3.89. The summed E-state index contributed by atoms with van der Waals surface area (Å²) in [6.07, 6.45) is 3.10. The minimum atomic E-state index is -0.665. The van der Waals surface area contributed by atoms with Crippen LogP contribution in [0.4, 0.5) is 0 Å². The summed E-state index contributed by atoms with van der Waals surface area (Å²) in [5.74, 6) is 0.687. The molecule has 21 heavy (non-hydrogen) atoms. The molecule has 0 spiro atoms. The number of hydrogen-bond acceptors (Lipinski definition) is 3. The lowest BCUT2D eigenvalue weighted by Gasteiger charge is -2.37. The number of β-amino-alcohol motifs (C(OH)–C–C–N with tert-alkyl or cyclic N) is 1. The smallest absolute Gasteiger partial charge is 0.103 e. The van der Waals surface area contributed by atoms with E-state index in [1.165, 1.54) is 0 Å². The third-order valence-corrected chi connectivity index (χ3v) is 4.95. The number of hydrogen-bond donors (Lipinski definition) is 1. The minimum absolute atomic E-state index is 0.0123. The van der Waals surface area contributed by atoms with Gasteiger partial charge in [-0.25, -0.2) is 0 Å². The molecule has 2 aliphatic rings. The molecule has 3 rings (SSSR count). The molecule has 1 aromatic carbocycles. The van der Waals surface area contributed by atoms with Crippen LogP contribution in [0.1, 0.15) is 38.7 Å². The normalized spacial score (nSPS) is 33.2. The summed E-state index contributed by atoms with van der Waals surface area (Å²) < 4.78 is 5.80. The lowest BCUT2D eigenvalue weighted by molar-refractivity contribution is -0.0768. The second-order valence-electron chi connectivity index (χ2n) is 7.35. The van der Waals surface area contributed by atoms with Gasteiger partial charge >= 0.3 is 0 Å². The Hall–Kier alpha value is -0.900. The first-order valence-electron chi connectivity index (χ1n) is 8.11. The third-order valence-electron chi connectivity index (χ3n) is 4.95. The summed E-state index contributed by atoms with van der Waals surface area (Å²) in [5.41, 5.74) is 0.403. The van der Waals surface area contributed by atoms with Crippen molar-refractivity contribution in [3.63, 3.8) is 0 Å². The molecule has 0 radical (unpaired) electrons. The van der Waals surface area contributed by atoms with Gasteiger partial charge in [0.2, 0.25) is 0 Å². The maximum Gasteiger partial charge on any atom is 0.103 e. The van der Waals surface area contributed by atoms with Crippen LogP contribution in [-0.2, 0) is 10.3 Å². The van der Waals surface area contributed by atoms with E-state index in [0.717, 1.165) is 51.1 Å². The molecule has 0 saturated carbocycles. The topological polar surface area (TPSA) is 32.7 Å². The molecule has 2 saturated heterocycles. The molecule has 2 fully saturated rings. The molecular formula is C18H27NO2. The van der Waals surface area contributed by atoms with E-state index in [9.17, 15) is 5.11 Å². The molecule has 2 heterocycles. The van der Waals surface area contributed by atoms with Crippen LogP contribution < -0.4 is 0 Å². The number of likely N-dealkylation sites (tertiary alicyclic amines) is 1. The molecule has 0 unspecified atom stereocenters. The largest absolute Gasteiger partial charge is 0.384 e. The zero-order valence-electron chi connectivity index (χ0n) is 13.2. The summed E-state index contributed by atoms with van der Waals surface area (Å²) in [5, 5.41) is 10.9. The summed E-state index contributed by atoms with van der Waals surface area (Å²) in [7, 11) is 0. The number of ether oxygens (including phenoxy) is 1. The van der Waals surface area contributed by atoms with Crippen LogP contribution in [0.2, 0.25) is 0 Å². The number of rotatable bonds is 3. The van der Waals surface area contributed by atoms with E-state index in [1.54, 1.807) is 0 Å². The highest BCUT2D eigenvalue weighted by Crippen LogP contribution is 2.34. The third kappa shape index (κ3) is 3.47. The van der Waals surface area contributed by atoms with Crippen LogP contribution in [0.15, 0.2) is 30.3 Å². The van der Waals surface area contributed by atoms with E-state index in [2.05, 4.69) is 18.7 Å². The van der Waals surface area contributed by atoms with Gasteiger partial charge in [-0.2, -0.15) is 0 Å². The summed E-state index contributed by atoms with van der Waals surface area (Å²) in [4.78, 5) is 2.43. The Morgan fingerprint density at radius 1 is 1.29 bits per heavy atom. The molecule has 3 heteroatoms. The molecular weight excluding hydrogens is 262 g/mol. The van der Waals surface area contributed by atoms with Crippen molar-refractivity contribution in [3.05, 3.63) is 35.9 Å². The van der Waals surface area contributed by atoms with Crippen molar-refractivity contribution in [3.8, 4) is 0 Å². The zero-order chi connectivity index (χ0) is 14.9. The molecule has 0 bridgehead atoms. The quantitative estimate of drug-likeness (QED) is 0.929. The summed E-state index contributed by atoms with van der Waals surface area (Å²) in [6, 6.07) is 10.1. The van der Waals surface area contributed by atoms with Gasteiger partial charge in [-0.3, -0.25) is 4.90 Å². The van der Waals surface area contributed by atoms with Crippen LogP contribution in [0.25, 0.3) is 0 Å². The lowest BCUT2D eigenvalue weighted by Crippen LogP contribution is -2.40. The Morgan fingerprint density at radius 3 is 2.76 bits per heavy atom. The van der Waals surface area contributed by atoms with Gasteiger partial charge in [0.05, 0.1) is 5.60 Å². The predicted octanol–water partition coefficient (Wildman–Crippen LogP) is 2.79. The number of benzene rings is 1. The molecule has 2 atom stereocenters. The molecule has 116 valence electrons. The van der Waals surface area contributed by atoms with Gasteiger partial charge in [0, 0.05) is 26.2 Å². The number of aliphatic hydroxyl groups is 1. The van der Waals surface area contributed by atoms with Gasteiger partial charge in [-0.15, -0.1) is 0 Å². The highest BCUT2D eigenvalue weighted by Gasteiger charge is 2.39. The van der Waals surface area contributed by atoms with Gasteiger partial charge in [0.25, 0.3) is 0 Å². The lowest BCUT2D eigenvalue weighted by atomic mass is 9.88. The molecule has 0 aliphatic carbocycles. The first kappa shape index (κ1) is 15.0. The van der Waals surface area contributed by atoms with E-state index in [0.29, 0.717) is 5.92 Å². The second kappa shape index (κ2) is 5.71. The van der Waals surface area contributed by atoms with Crippen LogP contribution >= 0.6 is 0 Å². The van der Waals surface area contributed by atoms with E-state index in [-0.39, 0.29) is 5.60 Å². The summed E-state index contributed by atoms with van der Waals surface area (Å²) >= 11 is 0. The highest BCUT2D eigenvalue weighted by molar-refractivity contribution is 5.24. The standard InChI is InChI=1S/C18H27NO2/c1-17(2)12-15(8-11-21-17)13-19-10-9-18(20,14-19)16-6-4-3-5-7-16/h3-7,15,20H,8-14H2,1-2H3/t15-,18+/m1/s1. The first-order valence-corrected chi connectivity index (χ1v) is 8.11. The SMILES string of the molecule is CC1(C)C[C@H](CN2CC[C@@](O)(c3ccccc3)C2)CCO1. The van der Waals surface area contributed by atoms with Crippen molar-refractivity contribution >= 4 is 0 Å². The Bertz CT molecular complexity index is 473. The Kier molecular flexibility index (Phi) is 4.08. The molecule has 0 amide bonds. The van der Waals surface area contributed by atoms with Gasteiger partial charge in [0.15, 0.2) is 0 Å². The highest BCUT2D eigenvalue weighted by atomic mass is 16.5. The maximum absolute atomic E-state index is 10.9. The Morgan fingerprint density at radius 2 is 2.05 bits per heavy atom. The molecule has 2 aliphatic heterocycles. The van der Waals surface area contributed by atoms with Crippen molar-refractivity contribution < 1.29 is 9.84 Å². The van der Waals surface area contributed by atoms with E-state index in [4.69, 9.17) is 4.74 Å². The van der Waals surface area contributed by atoms with Crippen molar-refractivity contribution in [1.29, 1.82) is 0 Å². The average molecular weight is 289 g/mol. The van der Waals surface area contributed by atoms with Crippen LogP contribution in [-0.4, -0.2) is 41.8 Å². The van der Waals surface area contributed by atoms with Crippen LogP contribution in [0, 0.1) is 5.92 Å². The average Bonchev–Trinajstić information content (AvgIpc) is 2.81. The second-order valence-corrected chi connectivity index (χ2v) is 7.35. The molecule has 0 aromatic heterocycles. The van der Waals surface area contributed by atoms with E-state index >= 15 is 0 Å². The molecule has 1 aromatic rings. The predicted molar refractivity (Wildman–Crippen MR) is 84.2 cm³/mol. The molecule has 3 nitrogen and oxygen atoms in total. The molecule has 1 N–H and O–H groups in total. The Labute approximate surface area is 127 Å². The monoisotopic (exact) mass is 289 g/mol. The van der Waals surface area contributed by atoms with Crippen molar-refractivity contribution in [2.24, 2.45) is 5.92 Å². The summed E-state index contributed by atoms with van der Waals surface area (Å²) in [6.45, 7) is 8.07. The Balaban J connectivity index is 1.60. The zero-order valence-corrected chi connectivity index (χ0v) is 13.2. The fraction of sp³-hybridized carbons (Fsp3) is 0.667. The minimum Gasteiger partial charge on any atom is -0.384 e. The maximum atomic E-state index is 10.9. The van der Waals surface area contributed by atoms with E-state index < -0.39 is 5.60 Å². The first-order chi connectivity index (χ1) is 9.97. The number of nitrogens with zero attached hydrogens (tertiary/aromatic N) is 1. The van der Waals surface area contributed by atoms with Gasteiger partial charge < -0.3 is 9.84 Å². The van der Waals surface area contributed by atoms with Gasteiger partial charge in [0.1, 0.15) is 5.60 Å². The van der Waals surface area contributed by atoms with Gasteiger partial charge in [-0.05, 0) is 44.6 Å².